The molecule has 0 N–H and O–H groups in total. The van der Waals surface area contributed by atoms with Gasteiger partial charge in [-0.05, 0) is 48.7 Å². The Morgan fingerprint density at radius 2 is 1.83 bits per heavy atom. The summed E-state index contributed by atoms with van der Waals surface area (Å²) in [6.07, 6.45) is 0.516. The molecule has 35 heavy (non-hydrogen) atoms. The van der Waals surface area contributed by atoms with E-state index < -0.39 is 16.9 Å². The number of carbonyl (C=O) groups is 1. The van der Waals surface area contributed by atoms with Gasteiger partial charge in [-0.2, -0.15) is 0 Å². The van der Waals surface area contributed by atoms with Crippen LogP contribution in [0, 0.1) is 17.0 Å². The van der Waals surface area contributed by atoms with E-state index in [0.29, 0.717) is 23.0 Å². The Labute approximate surface area is 200 Å². The van der Waals surface area contributed by atoms with Crippen molar-refractivity contribution in [2.24, 2.45) is 0 Å². The lowest BCUT2D eigenvalue weighted by molar-refractivity contribution is -0.384. The van der Waals surface area contributed by atoms with Crippen LogP contribution in [0.5, 0.6) is 5.75 Å². The van der Waals surface area contributed by atoms with E-state index in [0.717, 1.165) is 16.9 Å². The Bertz CT molecular complexity index is 1520. The van der Waals surface area contributed by atoms with Crippen molar-refractivity contribution in [1.29, 1.82) is 0 Å². The molecule has 4 aromatic rings. The van der Waals surface area contributed by atoms with Crippen molar-refractivity contribution in [3.05, 3.63) is 115 Å². The van der Waals surface area contributed by atoms with Crippen molar-refractivity contribution in [3.63, 3.8) is 0 Å². The number of fused-ring (bicyclic) bond motifs is 2. The summed E-state index contributed by atoms with van der Waals surface area (Å²) in [6, 6.07) is 18.0. The lowest BCUT2D eigenvalue weighted by atomic mass is 9.97. The van der Waals surface area contributed by atoms with Gasteiger partial charge in [0.1, 0.15) is 11.3 Å². The summed E-state index contributed by atoms with van der Waals surface area (Å²) in [5, 5.41) is 11.8. The first-order valence-electron chi connectivity index (χ1n) is 11.1. The quantitative estimate of drug-likeness (QED) is 0.296. The van der Waals surface area contributed by atoms with Crippen LogP contribution >= 0.6 is 0 Å². The minimum Gasteiger partial charge on any atom is -0.497 e. The first-order valence-corrected chi connectivity index (χ1v) is 11.1. The van der Waals surface area contributed by atoms with Crippen LogP contribution in [0.15, 0.2) is 75.9 Å². The van der Waals surface area contributed by atoms with Gasteiger partial charge in [0.25, 0.3) is 11.6 Å². The summed E-state index contributed by atoms with van der Waals surface area (Å²) < 4.78 is 11.2. The fourth-order valence-electron chi connectivity index (χ4n) is 4.56. The highest BCUT2D eigenvalue weighted by Crippen LogP contribution is 2.39. The minimum absolute atomic E-state index is 0.0161. The second-order valence-corrected chi connectivity index (χ2v) is 8.52. The number of carbonyl (C=O) groups excluding carboxylic acids is 1. The largest absolute Gasteiger partial charge is 0.497 e. The van der Waals surface area contributed by atoms with Crippen LogP contribution in [0.1, 0.15) is 38.9 Å². The molecule has 0 unspecified atom stereocenters. The molecular weight excluding hydrogens is 448 g/mol. The fraction of sp³-hybridized carbons (Fsp3) is 0.185. The van der Waals surface area contributed by atoms with E-state index in [-0.39, 0.29) is 29.0 Å². The van der Waals surface area contributed by atoms with Crippen molar-refractivity contribution in [2.45, 2.75) is 19.4 Å². The monoisotopic (exact) mass is 470 g/mol. The lowest BCUT2D eigenvalue weighted by Crippen LogP contribution is -2.31. The standard InChI is InChI=1S/C27H22N2O6/c1-16-6-11-22-21(14-16)25(30)23-24(18-4-3-5-19(15-18)29(32)33)28(27(31)26(23)35-22)13-12-17-7-9-20(34-2)10-8-17/h3-11,14-15,24H,12-13H2,1-2H3/t24-/m1/s1. The number of non-ortho nitro benzene ring substituents is 1. The van der Waals surface area contributed by atoms with Crippen molar-refractivity contribution in [1.82, 2.24) is 4.90 Å². The highest BCUT2D eigenvalue weighted by Gasteiger charge is 2.42. The van der Waals surface area contributed by atoms with Crippen LogP contribution in [-0.2, 0) is 6.42 Å². The van der Waals surface area contributed by atoms with Crippen LogP contribution in [-0.4, -0.2) is 29.4 Å². The Morgan fingerprint density at radius 3 is 2.54 bits per heavy atom. The van der Waals surface area contributed by atoms with Gasteiger partial charge < -0.3 is 14.1 Å². The Balaban J connectivity index is 1.63. The summed E-state index contributed by atoms with van der Waals surface area (Å²) in [4.78, 5) is 39.7. The second-order valence-electron chi connectivity index (χ2n) is 8.52. The first-order chi connectivity index (χ1) is 16.9. The van der Waals surface area contributed by atoms with Gasteiger partial charge in [0.05, 0.1) is 29.0 Å². The third-order valence-electron chi connectivity index (χ3n) is 6.32. The van der Waals surface area contributed by atoms with Crippen LogP contribution < -0.4 is 10.2 Å². The van der Waals surface area contributed by atoms with Crippen molar-refractivity contribution >= 4 is 22.6 Å². The number of rotatable bonds is 6. The van der Waals surface area contributed by atoms with Gasteiger partial charge in [0.15, 0.2) is 5.43 Å². The van der Waals surface area contributed by atoms with E-state index in [4.69, 9.17) is 9.15 Å². The molecule has 1 aromatic heterocycles. The van der Waals surface area contributed by atoms with E-state index in [9.17, 15) is 19.7 Å². The molecule has 8 nitrogen and oxygen atoms in total. The number of amides is 1. The van der Waals surface area contributed by atoms with Crippen molar-refractivity contribution in [3.8, 4) is 5.75 Å². The molecule has 0 saturated heterocycles. The lowest BCUT2D eigenvalue weighted by Gasteiger charge is -2.25. The number of methoxy groups -OCH3 is 1. The zero-order valence-electron chi connectivity index (χ0n) is 19.2. The Morgan fingerprint density at radius 1 is 1.06 bits per heavy atom. The zero-order chi connectivity index (χ0) is 24.7. The predicted molar refractivity (Wildman–Crippen MR) is 130 cm³/mol. The van der Waals surface area contributed by atoms with Gasteiger partial charge in [-0.25, -0.2) is 0 Å². The summed E-state index contributed by atoms with van der Waals surface area (Å²) in [5.41, 5.74) is 2.48. The van der Waals surface area contributed by atoms with Crippen LogP contribution in [0.3, 0.4) is 0 Å². The maximum atomic E-state index is 13.6. The molecule has 176 valence electrons. The molecule has 2 heterocycles. The number of hydrogen-bond acceptors (Lipinski definition) is 6. The number of nitrogens with zero attached hydrogens (tertiary/aromatic N) is 2. The molecule has 1 atom stereocenters. The topological polar surface area (TPSA) is 103 Å². The number of ether oxygens (including phenoxy) is 1. The molecule has 0 bridgehead atoms. The molecule has 8 heteroatoms. The average Bonchev–Trinajstić information content (AvgIpc) is 3.15. The number of nitro benzene ring substituents is 1. The highest BCUT2D eigenvalue weighted by atomic mass is 16.6. The molecule has 0 spiro atoms. The molecule has 0 aliphatic carbocycles. The van der Waals surface area contributed by atoms with Gasteiger partial charge >= 0.3 is 0 Å². The highest BCUT2D eigenvalue weighted by molar-refractivity contribution is 5.99. The Kier molecular flexibility index (Phi) is 5.56. The first kappa shape index (κ1) is 22.3. The summed E-state index contributed by atoms with van der Waals surface area (Å²) in [7, 11) is 1.59. The number of aryl methyl sites for hydroxylation is 1. The number of benzene rings is 3. The van der Waals surface area contributed by atoms with Gasteiger partial charge in [0, 0.05) is 18.7 Å². The van der Waals surface area contributed by atoms with Gasteiger partial charge in [0.2, 0.25) is 5.76 Å². The molecule has 0 saturated carbocycles. The minimum atomic E-state index is -0.795. The predicted octanol–water partition coefficient (Wildman–Crippen LogP) is 4.81. The average molecular weight is 470 g/mol. The molecule has 1 aliphatic heterocycles. The van der Waals surface area contributed by atoms with Crippen LogP contribution in [0.2, 0.25) is 0 Å². The molecule has 1 amide bonds. The summed E-state index contributed by atoms with van der Waals surface area (Å²) >= 11 is 0. The zero-order valence-corrected chi connectivity index (χ0v) is 19.2. The van der Waals surface area contributed by atoms with Gasteiger partial charge in [-0.3, -0.25) is 19.7 Å². The van der Waals surface area contributed by atoms with Crippen LogP contribution in [0.4, 0.5) is 5.69 Å². The fourth-order valence-corrected chi connectivity index (χ4v) is 4.56. The normalized spacial score (nSPS) is 14.9. The van der Waals surface area contributed by atoms with Gasteiger partial charge in [-0.15, -0.1) is 0 Å². The van der Waals surface area contributed by atoms with Gasteiger partial charge in [-0.1, -0.05) is 35.9 Å². The van der Waals surface area contributed by atoms with Crippen molar-refractivity contribution in [2.75, 3.05) is 13.7 Å². The SMILES string of the molecule is COc1ccc(CCN2C(=O)c3oc4ccc(C)cc4c(=O)c3[C@H]2c2cccc([N+](=O)[O-])c2)cc1. The number of nitro groups is 1. The smallest absolute Gasteiger partial charge is 0.290 e. The Hall–Kier alpha value is -4.46. The molecule has 0 radical (unpaired) electrons. The maximum Gasteiger partial charge on any atom is 0.290 e. The van der Waals surface area contributed by atoms with E-state index >= 15 is 0 Å². The molecular formula is C27H22N2O6. The van der Waals surface area contributed by atoms with E-state index in [1.165, 1.54) is 12.1 Å². The van der Waals surface area contributed by atoms with Crippen molar-refractivity contribution < 1.29 is 18.9 Å². The maximum absolute atomic E-state index is 13.6. The molecule has 3 aromatic carbocycles. The summed E-state index contributed by atoms with van der Waals surface area (Å²) in [5.74, 6) is 0.298. The second kappa shape index (κ2) is 8.72. The summed E-state index contributed by atoms with van der Waals surface area (Å²) in [6.45, 7) is 2.16. The molecule has 5 rings (SSSR count). The van der Waals surface area contributed by atoms with E-state index in [1.54, 1.807) is 36.3 Å². The van der Waals surface area contributed by atoms with E-state index in [1.807, 2.05) is 37.3 Å². The number of hydrogen-bond donors (Lipinski definition) is 0. The van der Waals surface area contributed by atoms with E-state index in [2.05, 4.69) is 0 Å². The molecule has 1 aliphatic rings. The van der Waals surface area contributed by atoms with Crippen LogP contribution in [0.25, 0.3) is 11.0 Å². The third-order valence-corrected chi connectivity index (χ3v) is 6.32. The molecule has 0 fully saturated rings. The third kappa shape index (κ3) is 3.93.